The van der Waals surface area contributed by atoms with E-state index in [9.17, 15) is 24.3 Å². The fourth-order valence-corrected chi connectivity index (χ4v) is 4.11. The Balaban J connectivity index is 1.56. The Labute approximate surface area is 232 Å². The first-order valence-corrected chi connectivity index (χ1v) is 12.3. The number of aromatic carboxylic acids is 2. The molecule has 4 rings (SSSR count). The van der Waals surface area contributed by atoms with Gasteiger partial charge in [0.05, 0.1) is 22.9 Å². The molecular formula is C28H22ClN5O6. The van der Waals surface area contributed by atoms with Gasteiger partial charge in [-0.3, -0.25) is 9.59 Å². The minimum Gasteiger partial charge on any atom is -0.478 e. The number of Topliss-reactive ketones (excluding diaryl/α,β-unsaturated/α-hetero) is 1. The Morgan fingerprint density at radius 3 is 2.35 bits per heavy atom. The van der Waals surface area contributed by atoms with Gasteiger partial charge in [-0.1, -0.05) is 35.9 Å². The molecule has 0 unspecified atom stereocenters. The molecule has 0 bridgehead atoms. The lowest BCUT2D eigenvalue weighted by Crippen LogP contribution is -2.42. The number of amides is 1. The molecule has 1 atom stereocenters. The van der Waals surface area contributed by atoms with Gasteiger partial charge in [-0.15, -0.1) is 5.10 Å². The number of hydrogen-bond acceptors (Lipinski definition) is 7. The average Bonchev–Trinajstić information content (AvgIpc) is 3.47. The molecule has 0 spiro atoms. The molecule has 0 fully saturated rings. The van der Waals surface area contributed by atoms with Crippen LogP contribution in [-0.4, -0.2) is 60.1 Å². The molecule has 12 heteroatoms. The van der Waals surface area contributed by atoms with Crippen LogP contribution < -0.4 is 5.32 Å². The average molecular weight is 560 g/mol. The van der Waals surface area contributed by atoms with Crippen molar-refractivity contribution in [3.05, 3.63) is 112 Å². The quantitative estimate of drug-likeness (QED) is 0.234. The largest absolute Gasteiger partial charge is 0.478 e. The van der Waals surface area contributed by atoms with E-state index in [0.29, 0.717) is 27.4 Å². The summed E-state index contributed by atoms with van der Waals surface area (Å²) in [4.78, 5) is 48.8. The highest BCUT2D eigenvalue weighted by Crippen LogP contribution is 2.20. The molecular weight excluding hydrogens is 538 g/mol. The molecule has 4 aromatic rings. The van der Waals surface area contributed by atoms with Gasteiger partial charge < -0.3 is 15.5 Å². The van der Waals surface area contributed by atoms with Crippen LogP contribution in [0.2, 0.25) is 5.02 Å². The van der Waals surface area contributed by atoms with Crippen molar-refractivity contribution in [2.45, 2.75) is 18.9 Å². The van der Waals surface area contributed by atoms with Crippen molar-refractivity contribution in [1.29, 1.82) is 0 Å². The molecule has 0 saturated carbocycles. The number of hydrogen-bond donors (Lipinski definition) is 3. The molecule has 40 heavy (non-hydrogen) atoms. The third-order valence-electron chi connectivity index (χ3n) is 5.90. The highest BCUT2D eigenvalue weighted by molar-refractivity contribution is 6.30. The molecule has 0 saturated heterocycles. The zero-order valence-corrected chi connectivity index (χ0v) is 21.5. The molecule has 1 aromatic heterocycles. The number of nitrogens with one attached hydrogen (secondary N) is 1. The lowest BCUT2D eigenvalue weighted by atomic mass is 9.96. The van der Waals surface area contributed by atoms with Gasteiger partial charge in [0.1, 0.15) is 6.33 Å². The predicted octanol–water partition coefficient (Wildman–Crippen LogP) is 3.26. The summed E-state index contributed by atoms with van der Waals surface area (Å²) < 4.78 is 1.41. The first-order valence-electron chi connectivity index (χ1n) is 11.9. The summed E-state index contributed by atoms with van der Waals surface area (Å²) in [5.41, 5.74) is 2.36. The van der Waals surface area contributed by atoms with Crippen LogP contribution in [0.5, 0.6) is 0 Å². The van der Waals surface area contributed by atoms with Crippen molar-refractivity contribution in [2.75, 3.05) is 0 Å². The first kappa shape index (κ1) is 27.9. The molecule has 11 nitrogen and oxygen atoms in total. The number of carbonyl (C=O) groups is 4. The highest BCUT2D eigenvalue weighted by Gasteiger charge is 2.22. The number of carbonyl (C=O) groups excluding carboxylic acids is 2. The summed E-state index contributed by atoms with van der Waals surface area (Å²) in [7, 11) is 0. The van der Waals surface area contributed by atoms with Gasteiger partial charge in [-0.05, 0) is 76.5 Å². The van der Waals surface area contributed by atoms with E-state index in [2.05, 4.69) is 20.8 Å². The summed E-state index contributed by atoms with van der Waals surface area (Å²) in [5.74, 6) is -3.12. The second-order valence-corrected chi connectivity index (χ2v) is 9.14. The van der Waals surface area contributed by atoms with Gasteiger partial charge in [0.2, 0.25) is 5.91 Å². The summed E-state index contributed by atoms with van der Waals surface area (Å²) in [6, 6.07) is 15.9. The SMILES string of the molecule is O=C(/C=C/c1cc(Cl)ccc1-n1cnnn1)N[C@@H](Cc1cccc(C(=O)O)c1)C(=O)Cc1ccc(C(=O)O)cc1. The molecule has 0 aliphatic heterocycles. The van der Waals surface area contributed by atoms with Crippen molar-refractivity contribution in [1.82, 2.24) is 25.5 Å². The number of carboxylic acids is 2. The van der Waals surface area contributed by atoms with E-state index in [1.807, 2.05) is 0 Å². The number of nitrogens with zero attached hydrogens (tertiary/aromatic N) is 4. The third-order valence-corrected chi connectivity index (χ3v) is 6.13. The van der Waals surface area contributed by atoms with Crippen molar-refractivity contribution in [3.63, 3.8) is 0 Å². The van der Waals surface area contributed by atoms with E-state index in [-0.39, 0.29) is 29.8 Å². The molecule has 0 radical (unpaired) electrons. The summed E-state index contributed by atoms with van der Waals surface area (Å²) >= 11 is 6.13. The second kappa shape index (κ2) is 12.6. The third kappa shape index (κ3) is 7.23. The van der Waals surface area contributed by atoms with E-state index in [0.717, 1.165) is 0 Å². The summed E-state index contributed by atoms with van der Waals surface area (Å²) in [6.07, 6.45) is 4.11. The number of tetrazole rings is 1. The molecule has 0 aliphatic rings. The first-order chi connectivity index (χ1) is 19.2. The minimum absolute atomic E-state index is 0.0415. The van der Waals surface area contributed by atoms with Crippen LogP contribution in [0.25, 0.3) is 11.8 Å². The lowest BCUT2D eigenvalue weighted by Gasteiger charge is -2.18. The Bertz CT molecular complexity index is 1590. The van der Waals surface area contributed by atoms with E-state index in [1.165, 1.54) is 59.6 Å². The molecule has 1 heterocycles. The van der Waals surface area contributed by atoms with Gasteiger partial charge in [0.15, 0.2) is 5.78 Å². The van der Waals surface area contributed by atoms with Crippen LogP contribution >= 0.6 is 11.6 Å². The predicted molar refractivity (Wildman–Crippen MR) is 144 cm³/mol. The van der Waals surface area contributed by atoms with Crippen LogP contribution in [0.15, 0.2) is 79.1 Å². The molecule has 1 amide bonds. The van der Waals surface area contributed by atoms with E-state index < -0.39 is 23.9 Å². The van der Waals surface area contributed by atoms with Crippen LogP contribution in [0, 0.1) is 0 Å². The van der Waals surface area contributed by atoms with Crippen LogP contribution in [-0.2, 0) is 22.4 Å². The standard InChI is InChI=1S/C28H22ClN5O6/c29-22-9-10-24(34-16-30-32-33-34)20(15-22)8-11-26(36)31-23(13-18-2-1-3-21(12-18)28(39)40)25(35)14-17-4-6-19(7-5-17)27(37)38/h1-12,15-16,23H,13-14H2,(H,31,36)(H,37,38)(H,39,40)/b11-8+/t23-/m0/s1. The fourth-order valence-electron chi connectivity index (χ4n) is 3.93. The second-order valence-electron chi connectivity index (χ2n) is 8.71. The Morgan fingerprint density at radius 2 is 1.68 bits per heavy atom. The van der Waals surface area contributed by atoms with Crippen molar-refractivity contribution < 1.29 is 29.4 Å². The topological polar surface area (TPSA) is 164 Å². The van der Waals surface area contributed by atoms with Gasteiger partial charge in [-0.2, -0.15) is 4.68 Å². The monoisotopic (exact) mass is 559 g/mol. The maximum Gasteiger partial charge on any atom is 0.335 e. The van der Waals surface area contributed by atoms with E-state index in [4.69, 9.17) is 16.7 Å². The number of halogens is 1. The number of rotatable bonds is 11. The van der Waals surface area contributed by atoms with E-state index in [1.54, 1.807) is 30.3 Å². The minimum atomic E-state index is -1.12. The highest BCUT2D eigenvalue weighted by atomic mass is 35.5. The van der Waals surface area contributed by atoms with Crippen molar-refractivity contribution in [2.24, 2.45) is 0 Å². The Hall–Kier alpha value is -5.16. The number of aromatic nitrogens is 4. The number of benzene rings is 3. The van der Waals surface area contributed by atoms with Crippen molar-refractivity contribution >= 4 is 41.3 Å². The lowest BCUT2D eigenvalue weighted by molar-refractivity contribution is -0.125. The van der Waals surface area contributed by atoms with Crippen LogP contribution in [0.3, 0.4) is 0 Å². The zero-order chi connectivity index (χ0) is 28.6. The number of ketones is 1. The fraction of sp³-hybridized carbons (Fsp3) is 0.107. The maximum absolute atomic E-state index is 13.3. The Morgan fingerprint density at radius 1 is 0.925 bits per heavy atom. The van der Waals surface area contributed by atoms with Crippen molar-refractivity contribution in [3.8, 4) is 5.69 Å². The molecule has 0 aliphatic carbocycles. The summed E-state index contributed by atoms with van der Waals surface area (Å²) in [6.45, 7) is 0. The number of carboxylic acid groups (broad SMARTS) is 2. The van der Waals surface area contributed by atoms with Gasteiger partial charge in [0, 0.05) is 23.1 Å². The van der Waals surface area contributed by atoms with E-state index >= 15 is 0 Å². The zero-order valence-electron chi connectivity index (χ0n) is 20.8. The maximum atomic E-state index is 13.3. The molecule has 202 valence electrons. The van der Waals surface area contributed by atoms with Gasteiger partial charge in [-0.25, -0.2) is 9.59 Å². The molecule has 3 N–H and O–H groups in total. The smallest absolute Gasteiger partial charge is 0.335 e. The summed E-state index contributed by atoms with van der Waals surface area (Å²) in [5, 5.41) is 32.7. The van der Waals surface area contributed by atoms with Crippen LogP contribution in [0.1, 0.15) is 37.4 Å². The van der Waals surface area contributed by atoms with Gasteiger partial charge >= 0.3 is 11.9 Å². The Kier molecular flexibility index (Phi) is 8.77. The van der Waals surface area contributed by atoms with Gasteiger partial charge in [0.25, 0.3) is 0 Å². The normalized spacial score (nSPS) is 11.7. The van der Waals surface area contributed by atoms with Crippen LogP contribution in [0.4, 0.5) is 0 Å². The molecule has 3 aromatic carbocycles.